The molecule has 2 atom stereocenters. The van der Waals surface area contributed by atoms with Gasteiger partial charge in [0.15, 0.2) is 0 Å². The second-order valence-electron chi connectivity index (χ2n) is 10.7. The first kappa shape index (κ1) is 35.0. The van der Waals surface area contributed by atoms with Gasteiger partial charge in [0.2, 0.25) is 0 Å². The van der Waals surface area contributed by atoms with Crippen molar-refractivity contribution in [3.63, 3.8) is 0 Å². The molecule has 0 aromatic carbocycles. The minimum atomic E-state index is -4.08. The standard InChI is InChI=1S/C27H58NO6P/c1-6-8-9-10-11-12-13-14-15-16-17-18-19-20-22-31-24-26(32-7-2)25-34-35(29,30)33-23-21-28-27(3,4)5/h26,28H,6-25H2,1-5H3,(H,29,30)/p+1/t26-/m0/s1. The largest absolute Gasteiger partial charge is 0.472 e. The minimum absolute atomic E-state index is 0.0245. The quantitative estimate of drug-likeness (QED) is 0.101. The van der Waals surface area contributed by atoms with E-state index in [2.05, 4.69) is 33.0 Å². The SMILES string of the molecule is CCCCCCCCCCCCCCCCOC[C@@H](COP(=O)(O)OCC[NH2+]C(C)(C)C)OCC. The Morgan fingerprint density at radius 2 is 1.26 bits per heavy atom. The van der Waals surface area contributed by atoms with Crippen LogP contribution in [-0.4, -0.2) is 56.1 Å². The van der Waals surface area contributed by atoms with Gasteiger partial charge in [0.05, 0.1) is 18.8 Å². The van der Waals surface area contributed by atoms with E-state index in [1.54, 1.807) is 0 Å². The maximum Gasteiger partial charge on any atom is 0.472 e. The molecule has 0 saturated heterocycles. The van der Waals surface area contributed by atoms with Crippen molar-refractivity contribution in [3.8, 4) is 0 Å². The van der Waals surface area contributed by atoms with Gasteiger partial charge in [-0.15, -0.1) is 0 Å². The summed E-state index contributed by atoms with van der Waals surface area (Å²) in [5.74, 6) is 0. The zero-order valence-electron chi connectivity index (χ0n) is 23.7. The summed E-state index contributed by atoms with van der Waals surface area (Å²) in [4.78, 5) is 9.87. The van der Waals surface area contributed by atoms with E-state index in [1.165, 1.54) is 83.5 Å². The highest BCUT2D eigenvalue weighted by atomic mass is 31.2. The lowest BCUT2D eigenvalue weighted by Crippen LogP contribution is -2.95. The molecule has 1 unspecified atom stereocenters. The minimum Gasteiger partial charge on any atom is -0.379 e. The molecule has 0 saturated carbocycles. The van der Waals surface area contributed by atoms with Crippen molar-refractivity contribution in [1.29, 1.82) is 0 Å². The third-order valence-corrected chi connectivity index (χ3v) is 6.89. The molecule has 0 aromatic heterocycles. The lowest BCUT2D eigenvalue weighted by molar-refractivity contribution is -0.717. The fourth-order valence-corrected chi connectivity index (χ4v) is 4.63. The molecule has 35 heavy (non-hydrogen) atoms. The average Bonchev–Trinajstić information content (AvgIpc) is 2.79. The number of hydrogen-bond acceptors (Lipinski definition) is 5. The summed E-state index contributed by atoms with van der Waals surface area (Å²) in [6, 6.07) is 0. The van der Waals surface area contributed by atoms with Gasteiger partial charge in [-0.1, -0.05) is 90.4 Å². The van der Waals surface area contributed by atoms with Crippen LogP contribution in [0.5, 0.6) is 0 Å². The molecule has 3 N–H and O–H groups in total. The Kier molecular flexibility index (Phi) is 23.1. The Labute approximate surface area is 217 Å². The van der Waals surface area contributed by atoms with Gasteiger partial charge in [-0.3, -0.25) is 9.05 Å². The number of ether oxygens (including phenoxy) is 2. The first-order chi connectivity index (χ1) is 16.7. The van der Waals surface area contributed by atoms with Crippen molar-refractivity contribution in [2.24, 2.45) is 0 Å². The molecular weight excluding hydrogens is 465 g/mol. The van der Waals surface area contributed by atoms with Crippen LogP contribution in [0.15, 0.2) is 0 Å². The molecule has 8 heteroatoms. The van der Waals surface area contributed by atoms with Gasteiger partial charge < -0.3 is 19.7 Å². The number of quaternary nitrogens is 1. The predicted octanol–water partition coefficient (Wildman–Crippen LogP) is 6.38. The van der Waals surface area contributed by atoms with Gasteiger partial charge >= 0.3 is 7.82 Å². The molecule has 0 fully saturated rings. The Hall–Kier alpha value is -0.0100. The highest BCUT2D eigenvalue weighted by Gasteiger charge is 2.24. The summed E-state index contributed by atoms with van der Waals surface area (Å²) in [5, 5.41) is 2.06. The maximum atomic E-state index is 12.1. The second kappa shape index (κ2) is 23.1. The summed E-state index contributed by atoms with van der Waals surface area (Å²) >= 11 is 0. The Bertz CT molecular complexity index is 501. The zero-order chi connectivity index (χ0) is 26.3. The molecule has 0 aliphatic heterocycles. The topological polar surface area (TPSA) is 90.8 Å². The molecule has 212 valence electrons. The third-order valence-electron chi connectivity index (χ3n) is 5.90. The van der Waals surface area contributed by atoms with E-state index in [0.717, 1.165) is 6.42 Å². The Morgan fingerprint density at radius 3 is 1.74 bits per heavy atom. The summed E-state index contributed by atoms with van der Waals surface area (Å²) in [6.45, 7) is 12.6. The molecule has 7 nitrogen and oxygen atoms in total. The van der Waals surface area contributed by atoms with Gasteiger partial charge in [-0.2, -0.15) is 0 Å². The summed E-state index contributed by atoms with van der Waals surface area (Å²) in [7, 11) is -4.08. The average molecular weight is 525 g/mol. The highest BCUT2D eigenvalue weighted by Crippen LogP contribution is 2.43. The number of phosphoric ester groups is 1. The first-order valence-electron chi connectivity index (χ1n) is 14.4. The predicted molar refractivity (Wildman–Crippen MR) is 145 cm³/mol. The van der Waals surface area contributed by atoms with E-state index in [4.69, 9.17) is 18.5 Å². The van der Waals surface area contributed by atoms with Crippen LogP contribution < -0.4 is 5.32 Å². The van der Waals surface area contributed by atoms with Crippen molar-refractivity contribution in [2.45, 2.75) is 136 Å². The lowest BCUT2D eigenvalue weighted by atomic mass is 10.0. The van der Waals surface area contributed by atoms with Crippen LogP contribution in [0.3, 0.4) is 0 Å². The number of unbranched alkanes of at least 4 members (excludes halogenated alkanes) is 13. The Balaban J connectivity index is 3.66. The summed E-state index contributed by atoms with van der Waals surface area (Å²) in [6.07, 6.45) is 18.3. The van der Waals surface area contributed by atoms with Crippen LogP contribution in [0.1, 0.15) is 125 Å². The summed E-state index contributed by atoms with van der Waals surface area (Å²) in [5.41, 5.74) is 0.0496. The van der Waals surface area contributed by atoms with Crippen molar-refractivity contribution in [2.75, 3.05) is 39.6 Å². The van der Waals surface area contributed by atoms with E-state index >= 15 is 0 Å². The molecule has 0 amide bonds. The van der Waals surface area contributed by atoms with E-state index in [0.29, 0.717) is 26.4 Å². The smallest absolute Gasteiger partial charge is 0.379 e. The number of hydrogen-bond donors (Lipinski definition) is 2. The number of nitrogens with two attached hydrogens (primary N) is 1. The number of phosphoric acid groups is 1. The maximum absolute atomic E-state index is 12.1. The second-order valence-corrected chi connectivity index (χ2v) is 12.2. The highest BCUT2D eigenvalue weighted by molar-refractivity contribution is 7.47. The van der Waals surface area contributed by atoms with Gasteiger partial charge in [0, 0.05) is 13.2 Å². The monoisotopic (exact) mass is 524 g/mol. The van der Waals surface area contributed by atoms with E-state index in [9.17, 15) is 9.46 Å². The molecule has 0 aliphatic rings. The molecule has 0 bridgehead atoms. The van der Waals surface area contributed by atoms with E-state index in [1.807, 2.05) is 6.92 Å². The first-order valence-corrected chi connectivity index (χ1v) is 15.8. The lowest BCUT2D eigenvalue weighted by Gasteiger charge is -2.20. The van der Waals surface area contributed by atoms with Gasteiger partial charge in [0.25, 0.3) is 0 Å². The van der Waals surface area contributed by atoms with Gasteiger partial charge in [-0.25, -0.2) is 4.57 Å². The van der Waals surface area contributed by atoms with Crippen molar-refractivity contribution < 1.29 is 33.3 Å². The van der Waals surface area contributed by atoms with Crippen LogP contribution in [-0.2, 0) is 23.1 Å². The van der Waals surface area contributed by atoms with Crippen molar-refractivity contribution in [3.05, 3.63) is 0 Å². The van der Waals surface area contributed by atoms with Gasteiger partial charge in [-0.05, 0) is 34.1 Å². The van der Waals surface area contributed by atoms with Crippen LogP contribution in [0, 0.1) is 0 Å². The third kappa shape index (κ3) is 26.9. The normalized spacial score (nSPS) is 14.8. The molecule has 0 rings (SSSR count). The molecule has 0 radical (unpaired) electrons. The van der Waals surface area contributed by atoms with E-state index in [-0.39, 0.29) is 24.9 Å². The van der Waals surface area contributed by atoms with Crippen LogP contribution in [0.2, 0.25) is 0 Å². The number of rotatable bonds is 26. The van der Waals surface area contributed by atoms with E-state index < -0.39 is 7.82 Å². The van der Waals surface area contributed by atoms with Crippen molar-refractivity contribution in [1.82, 2.24) is 0 Å². The van der Waals surface area contributed by atoms with Gasteiger partial charge in [0.1, 0.15) is 19.3 Å². The van der Waals surface area contributed by atoms with Crippen molar-refractivity contribution >= 4 is 7.82 Å². The Morgan fingerprint density at radius 1 is 0.743 bits per heavy atom. The fourth-order valence-electron chi connectivity index (χ4n) is 3.87. The molecule has 0 aromatic rings. The van der Waals surface area contributed by atoms with Crippen LogP contribution >= 0.6 is 7.82 Å². The fraction of sp³-hybridized carbons (Fsp3) is 1.00. The molecular formula is C27H59NO6P+. The van der Waals surface area contributed by atoms with Crippen LogP contribution in [0.25, 0.3) is 0 Å². The zero-order valence-corrected chi connectivity index (χ0v) is 24.6. The molecule has 0 aliphatic carbocycles. The van der Waals surface area contributed by atoms with Crippen LogP contribution in [0.4, 0.5) is 0 Å². The molecule has 0 heterocycles. The summed E-state index contributed by atoms with van der Waals surface area (Å²) < 4.78 is 33.6. The molecule has 0 spiro atoms.